The molecule has 0 aliphatic carbocycles. The van der Waals surface area contributed by atoms with E-state index in [2.05, 4.69) is 26.2 Å². The molecule has 6 heteroatoms. The van der Waals surface area contributed by atoms with Gasteiger partial charge in [-0.25, -0.2) is 4.98 Å². The predicted molar refractivity (Wildman–Crippen MR) is 85.3 cm³/mol. The minimum absolute atomic E-state index is 0.460. The molecule has 114 valence electrons. The van der Waals surface area contributed by atoms with Crippen LogP contribution in [0.25, 0.3) is 0 Å². The van der Waals surface area contributed by atoms with Crippen LogP contribution in [0.5, 0.6) is 5.75 Å². The molecule has 1 N–H and O–H groups in total. The SMILES string of the molecule is COCCNCc1cc(OCc2nccn2C)ccc1Br. The van der Waals surface area contributed by atoms with Crippen LogP contribution < -0.4 is 10.1 Å². The molecule has 0 radical (unpaired) electrons. The van der Waals surface area contributed by atoms with Crippen LogP contribution >= 0.6 is 15.9 Å². The molecule has 0 saturated heterocycles. The molecule has 1 aromatic carbocycles. The maximum atomic E-state index is 5.80. The number of ether oxygens (including phenoxy) is 2. The number of nitrogens with one attached hydrogen (secondary N) is 1. The molecule has 0 atom stereocenters. The third-order valence-corrected chi connectivity index (χ3v) is 3.88. The van der Waals surface area contributed by atoms with Crippen LogP contribution in [0, 0.1) is 0 Å². The van der Waals surface area contributed by atoms with Gasteiger partial charge >= 0.3 is 0 Å². The Hall–Kier alpha value is -1.37. The summed E-state index contributed by atoms with van der Waals surface area (Å²) in [6.07, 6.45) is 3.68. The number of aromatic nitrogens is 2. The van der Waals surface area contributed by atoms with Crippen LogP contribution in [0.15, 0.2) is 35.1 Å². The van der Waals surface area contributed by atoms with Gasteiger partial charge in [-0.1, -0.05) is 15.9 Å². The second-order valence-corrected chi connectivity index (χ2v) is 5.52. The molecule has 0 saturated carbocycles. The normalized spacial score (nSPS) is 10.8. The van der Waals surface area contributed by atoms with Crippen molar-refractivity contribution >= 4 is 15.9 Å². The fraction of sp³-hybridized carbons (Fsp3) is 0.400. The van der Waals surface area contributed by atoms with Crippen LogP contribution in [0.3, 0.4) is 0 Å². The second kappa shape index (κ2) is 8.17. The number of methoxy groups -OCH3 is 1. The summed E-state index contributed by atoms with van der Waals surface area (Å²) in [6, 6.07) is 5.99. The zero-order chi connectivity index (χ0) is 15.1. The van der Waals surface area contributed by atoms with E-state index >= 15 is 0 Å². The van der Waals surface area contributed by atoms with Crippen molar-refractivity contribution in [2.45, 2.75) is 13.2 Å². The van der Waals surface area contributed by atoms with Crippen molar-refractivity contribution < 1.29 is 9.47 Å². The average Bonchev–Trinajstić information content (AvgIpc) is 2.89. The number of hydrogen-bond acceptors (Lipinski definition) is 4. The topological polar surface area (TPSA) is 48.3 Å². The van der Waals surface area contributed by atoms with E-state index in [1.807, 2.05) is 36.0 Å². The Morgan fingerprint density at radius 1 is 1.38 bits per heavy atom. The Bertz CT molecular complexity index is 572. The minimum atomic E-state index is 0.460. The number of hydrogen-bond donors (Lipinski definition) is 1. The second-order valence-electron chi connectivity index (χ2n) is 4.67. The van der Waals surface area contributed by atoms with Crippen molar-refractivity contribution in [2.75, 3.05) is 20.3 Å². The van der Waals surface area contributed by atoms with Gasteiger partial charge in [0.15, 0.2) is 0 Å². The molecule has 5 nitrogen and oxygen atoms in total. The van der Waals surface area contributed by atoms with Crippen molar-refractivity contribution in [2.24, 2.45) is 7.05 Å². The maximum absolute atomic E-state index is 5.80. The zero-order valence-electron chi connectivity index (χ0n) is 12.3. The van der Waals surface area contributed by atoms with Gasteiger partial charge in [0.05, 0.1) is 6.61 Å². The van der Waals surface area contributed by atoms with Gasteiger partial charge in [0.25, 0.3) is 0 Å². The third kappa shape index (κ3) is 4.84. The molecule has 1 heterocycles. The summed E-state index contributed by atoms with van der Waals surface area (Å²) in [6.45, 7) is 2.75. The Balaban J connectivity index is 1.93. The van der Waals surface area contributed by atoms with E-state index in [1.54, 1.807) is 13.3 Å². The molecule has 2 rings (SSSR count). The Labute approximate surface area is 133 Å². The highest BCUT2D eigenvalue weighted by molar-refractivity contribution is 9.10. The van der Waals surface area contributed by atoms with E-state index in [0.29, 0.717) is 13.2 Å². The van der Waals surface area contributed by atoms with Gasteiger partial charge in [0.1, 0.15) is 18.2 Å². The van der Waals surface area contributed by atoms with Crippen molar-refractivity contribution in [1.29, 1.82) is 0 Å². The highest BCUT2D eigenvalue weighted by Crippen LogP contribution is 2.23. The van der Waals surface area contributed by atoms with Gasteiger partial charge in [-0.2, -0.15) is 0 Å². The lowest BCUT2D eigenvalue weighted by Gasteiger charge is -2.10. The molecule has 0 fully saturated rings. The van der Waals surface area contributed by atoms with Crippen molar-refractivity contribution in [1.82, 2.24) is 14.9 Å². The number of imidazole rings is 1. The molecule has 0 bridgehead atoms. The van der Waals surface area contributed by atoms with Crippen LogP contribution in [0.4, 0.5) is 0 Å². The molecule has 0 aliphatic rings. The zero-order valence-corrected chi connectivity index (χ0v) is 13.9. The van der Waals surface area contributed by atoms with E-state index in [1.165, 1.54) is 0 Å². The van der Waals surface area contributed by atoms with E-state index < -0.39 is 0 Å². The lowest BCUT2D eigenvalue weighted by atomic mass is 10.2. The monoisotopic (exact) mass is 353 g/mol. The number of halogens is 1. The molecular formula is C15H20BrN3O2. The third-order valence-electron chi connectivity index (χ3n) is 3.10. The molecule has 21 heavy (non-hydrogen) atoms. The summed E-state index contributed by atoms with van der Waals surface area (Å²) in [5, 5.41) is 3.32. The van der Waals surface area contributed by atoms with Gasteiger partial charge in [-0.05, 0) is 23.8 Å². The highest BCUT2D eigenvalue weighted by Gasteiger charge is 2.05. The van der Waals surface area contributed by atoms with Crippen LogP contribution in [0.1, 0.15) is 11.4 Å². The largest absolute Gasteiger partial charge is 0.486 e. The number of benzene rings is 1. The molecule has 0 unspecified atom stereocenters. The van der Waals surface area contributed by atoms with Crippen LogP contribution in [-0.4, -0.2) is 29.8 Å². The average molecular weight is 354 g/mol. The predicted octanol–water partition coefficient (Wildman–Crippen LogP) is 2.50. The first-order chi connectivity index (χ1) is 10.2. The summed E-state index contributed by atoms with van der Waals surface area (Å²) >= 11 is 3.56. The van der Waals surface area contributed by atoms with Gasteiger partial charge in [0, 0.05) is 44.1 Å². The van der Waals surface area contributed by atoms with Crippen molar-refractivity contribution in [3.05, 3.63) is 46.5 Å². The van der Waals surface area contributed by atoms with E-state index in [4.69, 9.17) is 9.47 Å². The van der Waals surface area contributed by atoms with Gasteiger partial charge in [-0.15, -0.1) is 0 Å². The van der Waals surface area contributed by atoms with E-state index in [0.717, 1.165) is 34.7 Å². The first-order valence-electron chi connectivity index (χ1n) is 6.78. The molecular weight excluding hydrogens is 334 g/mol. The fourth-order valence-electron chi connectivity index (χ4n) is 1.86. The van der Waals surface area contributed by atoms with Crippen LogP contribution in [-0.2, 0) is 24.9 Å². The van der Waals surface area contributed by atoms with Crippen LogP contribution in [0.2, 0.25) is 0 Å². The quantitative estimate of drug-likeness (QED) is 0.740. The Kier molecular flexibility index (Phi) is 6.22. The lowest BCUT2D eigenvalue weighted by Crippen LogP contribution is -2.18. The first kappa shape index (κ1) is 16.0. The fourth-order valence-corrected chi connectivity index (χ4v) is 2.24. The summed E-state index contributed by atoms with van der Waals surface area (Å²) < 4.78 is 13.8. The number of nitrogens with zero attached hydrogens (tertiary/aromatic N) is 2. The van der Waals surface area contributed by atoms with Gasteiger partial charge in [0.2, 0.25) is 0 Å². The van der Waals surface area contributed by atoms with Crippen molar-refractivity contribution in [3.63, 3.8) is 0 Å². The molecule has 0 spiro atoms. The summed E-state index contributed by atoms with van der Waals surface area (Å²) in [4.78, 5) is 4.24. The molecule has 2 aromatic rings. The Morgan fingerprint density at radius 2 is 2.24 bits per heavy atom. The number of aryl methyl sites for hydroxylation is 1. The molecule has 0 aliphatic heterocycles. The maximum Gasteiger partial charge on any atom is 0.146 e. The standard InChI is InChI=1S/C15H20BrN3O2/c1-19-7-5-18-15(19)11-21-13-3-4-14(16)12(9-13)10-17-6-8-20-2/h3-5,7,9,17H,6,8,10-11H2,1-2H3. The highest BCUT2D eigenvalue weighted by atomic mass is 79.9. The van der Waals surface area contributed by atoms with E-state index in [9.17, 15) is 0 Å². The smallest absolute Gasteiger partial charge is 0.146 e. The van der Waals surface area contributed by atoms with Crippen molar-refractivity contribution in [3.8, 4) is 5.75 Å². The lowest BCUT2D eigenvalue weighted by molar-refractivity contribution is 0.199. The van der Waals surface area contributed by atoms with Gasteiger partial charge < -0.3 is 19.4 Å². The minimum Gasteiger partial charge on any atom is -0.486 e. The summed E-state index contributed by atoms with van der Waals surface area (Å²) in [5.74, 6) is 1.74. The Morgan fingerprint density at radius 3 is 2.95 bits per heavy atom. The molecule has 0 amide bonds. The summed E-state index contributed by atoms with van der Waals surface area (Å²) in [5.41, 5.74) is 1.16. The first-order valence-corrected chi connectivity index (χ1v) is 7.57. The van der Waals surface area contributed by atoms with Gasteiger partial charge in [-0.3, -0.25) is 0 Å². The summed E-state index contributed by atoms with van der Waals surface area (Å²) in [7, 11) is 3.65. The molecule has 1 aromatic heterocycles. The van der Waals surface area contributed by atoms with E-state index in [-0.39, 0.29) is 0 Å². The number of rotatable bonds is 8.